The highest BCUT2D eigenvalue weighted by molar-refractivity contribution is 4.73. The Kier molecular flexibility index (Phi) is 56.8. The second-order valence-electron chi connectivity index (χ2n) is 21.3. The molecule has 0 aromatic heterocycles. The first kappa shape index (κ1) is 68.7. The van der Waals surface area contributed by atoms with Crippen LogP contribution in [-0.2, 0) is 33.2 Å². The van der Waals surface area contributed by atoms with Crippen LogP contribution < -0.4 is 0 Å². The van der Waals surface area contributed by atoms with Crippen molar-refractivity contribution in [3.63, 3.8) is 0 Å². The molecule has 0 aliphatic heterocycles. The first-order chi connectivity index (χ1) is 34.1. The van der Waals surface area contributed by atoms with Gasteiger partial charge in [-0.2, -0.15) is 0 Å². The van der Waals surface area contributed by atoms with Gasteiger partial charge in [-0.25, -0.2) is 0 Å². The van der Waals surface area contributed by atoms with Gasteiger partial charge in [-0.3, -0.25) is 0 Å². The Morgan fingerprint density at radius 2 is 0.391 bits per heavy atom. The lowest BCUT2D eigenvalue weighted by atomic mass is 10.0. The monoisotopic (exact) mass is 983 g/mol. The molecule has 69 heavy (non-hydrogen) atoms. The number of rotatable bonds is 62. The van der Waals surface area contributed by atoms with Crippen molar-refractivity contribution in [1.29, 1.82) is 0 Å². The van der Waals surface area contributed by atoms with Gasteiger partial charge in [0.2, 0.25) is 0 Å². The van der Waals surface area contributed by atoms with E-state index in [2.05, 4.69) is 41.5 Å². The van der Waals surface area contributed by atoms with E-state index in [-0.39, 0.29) is 13.6 Å². The Bertz CT molecular complexity index is 824. The summed E-state index contributed by atoms with van der Waals surface area (Å²) in [5.74, 6) is -1.48. The summed E-state index contributed by atoms with van der Waals surface area (Å²) in [5.41, 5.74) is 0. The molecule has 0 atom stereocenters. The number of hydrogen-bond donors (Lipinski definition) is 0. The van der Waals surface area contributed by atoms with Gasteiger partial charge in [-0.1, -0.05) is 286 Å². The fourth-order valence-corrected chi connectivity index (χ4v) is 9.56. The maximum atomic E-state index is 6.81. The van der Waals surface area contributed by atoms with Crippen molar-refractivity contribution in [2.24, 2.45) is 0 Å². The third-order valence-corrected chi connectivity index (χ3v) is 14.3. The molecule has 416 valence electrons. The van der Waals surface area contributed by atoms with E-state index >= 15 is 0 Å². The Balaban J connectivity index is 5.68. The Labute approximate surface area is 433 Å². The molecule has 0 bridgehead atoms. The van der Waals surface area contributed by atoms with Crippen LogP contribution in [0, 0.1) is 0 Å². The van der Waals surface area contributed by atoms with Crippen LogP contribution in [0.25, 0.3) is 0 Å². The minimum atomic E-state index is -0.740. The van der Waals surface area contributed by atoms with Crippen molar-refractivity contribution < 1.29 is 33.2 Å². The minimum absolute atomic E-state index is 0.142. The molecule has 0 saturated heterocycles. The molecule has 0 heterocycles. The molecule has 0 unspecified atom stereocenters. The van der Waals surface area contributed by atoms with E-state index in [9.17, 15) is 0 Å². The van der Waals surface area contributed by atoms with Crippen LogP contribution in [0.15, 0.2) is 0 Å². The normalized spacial score (nSPS) is 12.3. The Morgan fingerprint density at radius 1 is 0.203 bits per heavy atom. The average molecular weight is 984 g/mol. The molecule has 0 spiro atoms. The molecule has 0 aromatic carbocycles. The van der Waals surface area contributed by atoms with Gasteiger partial charge >= 0.3 is 0 Å². The summed E-state index contributed by atoms with van der Waals surface area (Å²) in [4.78, 5) is 0. The second kappa shape index (κ2) is 57.0. The summed E-state index contributed by atoms with van der Waals surface area (Å²) in [6.45, 7) is 17.6. The van der Waals surface area contributed by atoms with Crippen molar-refractivity contribution in [2.75, 3.05) is 53.2 Å². The van der Waals surface area contributed by atoms with E-state index in [1.54, 1.807) is 0 Å². The number of hydrogen-bond acceptors (Lipinski definition) is 7. The van der Waals surface area contributed by atoms with Crippen LogP contribution in [-0.4, -0.2) is 64.8 Å². The molecule has 0 aromatic rings. The predicted molar refractivity (Wildman–Crippen MR) is 298 cm³/mol. The maximum Gasteiger partial charge on any atom is 0.191 e. The molecule has 0 amide bonds. The molecular weight excluding hydrogens is 857 g/mol. The van der Waals surface area contributed by atoms with E-state index < -0.39 is 11.6 Å². The van der Waals surface area contributed by atoms with E-state index in [1.165, 1.54) is 244 Å². The fourth-order valence-electron chi connectivity index (χ4n) is 9.56. The van der Waals surface area contributed by atoms with Gasteiger partial charge in [-0.15, -0.1) is 0 Å². The molecule has 0 radical (unpaired) electrons. The zero-order valence-electron chi connectivity index (χ0n) is 48.0. The van der Waals surface area contributed by atoms with E-state index in [4.69, 9.17) is 33.2 Å². The molecule has 7 nitrogen and oxygen atoms in total. The Morgan fingerprint density at radius 3 is 0.609 bits per heavy atom. The molecule has 0 fully saturated rings. The summed E-state index contributed by atoms with van der Waals surface area (Å²) in [6.07, 6.45) is 57.8. The van der Waals surface area contributed by atoms with E-state index in [0.717, 1.165) is 51.4 Å². The largest absolute Gasteiger partial charge is 0.350 e. The van der Waals surface area contributed by atoms with Crippen LogP contribution in [0.3, 0.4) is 0 Å². The van der Waals surface area contributed by atoms with Crippen LogP contribution >= 0.6 is 0 Å². The quantitative estimate of drug-likeness (QED) is 0.0444. The lowest BCUT2D eigenvalue weighted by molar-refractivity contribution is -0.289. The maximum absolute atomic E-state index is 6.81. The van der Waals surface area contributed by atoms with Crippen molar-refractivity contribution >= 4 is 0 Å². The van der Waals surface area contributed by atoms with Gasteiger partial charge in [0.1, 0.15) is 26.8 Å². The molecule has 0 aliphatic carbocycles. The molecule has 7 heteroatoms. The van der Waals surface area contributed by atoms with Gasteiger partial charge in [0.15, 0.2) is 11.6 Å². The summed E-state index contributed by atoms with van der Waals surface area (Å²) in [6, 6.07) is 0. The lowest BCUT2D eigenvalue weighted by Gasteiger charge is -2.34. The van der Waals surface area contributed by atoms with E-state index in [0.29, 0.717) is 39.6 Å². The summed E-state index contributed by atoms with van der Waals surface area (Å²) in [5, 5.41) is 0. The standard InChI is InChI=1S/C62H126O7/c1-7-13-19-25-31-33-35-37-39-45-51-61(66-53-47-41-27-21-15-9-3,67-54-48-42-28-22-16-10-4)57-63-59-65-60-64-58-62(68-55-49-43-29-23-17-11-5,69-56-50-44-30-24-18-12-6)52-46-40-38-36-34-32-26-20-14-8-2/h7-60H2,1-6H3. The van der Waals surface area contributed by atoms with Crippen molar-refractivity contribution in [1.82, 2.24) is 0 Å². The SMILES string of the molecule is CCCCCCCCCCCCC(COCOCOCC(CCCCCCCCCCCC)(OCCCCCCCC)OCCCCCCCC)(OCCCCCCCC)OCCCCCCCC. The first-order valence-corrected chi connectivity index (χ1v) is 31.4. The van der Waals surface area contributed by atoms with Crippen LogP contribution in [0.4, 0.5) is 0 Å². The molecular formula is C62H126O7. The van der Waals surface area contributed by atoms with Gasteiger partial charge in [0.25, 0.3) is 0 Å². The summed E-state index contributed by atoms with van der Waals surface area (Å²) < 4.78 is 46.0. The average Bonchev–Trinajstić information content (AvgIpc) is 3.36. The highest BCUT2D eigenvalue weighted by atomic mass is 16.8. The summed E-state index contributed by atoms with van der Waals surface area (Å²) >= 11 is 0. The topological polar surface area (TPSA) is 64.6 Å². The van der Waals surface area contributed by atoms with Crippen molar-refractivity contribution in [2.45, 2.75) is 348 Å². The molecule has 0 saturated carbocycles. The van der Waals surface area contributed by atoms with E-state index in [1.807, 2.05) is 0 Å². The summed E-state index contributed by atoms with van der Waals surface area (Å²) in [7, 11) is 0. The third kappa shape index (κ3) is 48.4. The number of unbranched alkanes of at least 4 members (excludes halogenated alkanes) is 38. The zero-order chi connectivity index (χ0) is 50.1. The zero-order valence-corrected chi connectivity index (χ0v) is 48.0. The van der Waals surface area contributed by atoms with Crippen LogP contribution in [0.1, 0.15) is 337 Å². The highest BCUT2D eigenvalue weighted by Gasteiger charge is 2.34. The second-order valence-corrected chi connectivity index (χ2v) is 21.3. The fraction of sp³-hybridized carbons (Fsp3) is 1.00. The van der Waals surface area contributed by atoms with Gasteiger partial charge < -0.3 is 33.2 Å². The van der Waals surface area contributed by atoms with Gasteiger partial charge in [0.05, 0.1) is 26.4 Å². The molecule has 0 N–H and O–H groups in total. The van der Waals surface area contributed by atoms with Crippen molar-refractivity contribution in [3.8, 4) is 0 Å². The van der Waals surface area contributed by atoms with Crippen molar-refractivity contribution in [3.05, 3.63) is 0 Å². The molecule has 0 aliphatic rings. The molecule has 0 rings (SSSR count). The van der Waals surface area contributed by atoms with Crippen LogP contribution in [0.5, 0.6) is 0 Å². The van der Waals surface area contributed by atoms with Gasteiger partial charge in [-0.05, 0) is 38.5 Å². The van der Waals surface area contributed by atoms with Crippen LogP contribution in [0.2, 0.25) is 0 Å². The van der Waals surface area contributed by atoms with Gasteiger partial charge in [0, 0.05) is 12.8 Å². The predicted octanol–water partition coefficient (Wildman–Crippen LogP) is 20.5. The number of ether oxygens (including phenoxy) is 7. The minimum Gasteiger partial charge on any atom is -0.350 e. The first-order valence-electron chi connectivity index (χ1n) is 31.4. The smallest absolute Gasteiger partial charge is 0.191 e. The highest BCUT2D eigenvalue weighted by Crippen LogP contribution is 2.27. The lowest BCUT2D eigenvalue weighted by Crippen LogP contribution is -2.42. The Hall–Kier alpha value is -0.280. The third-order valence-electron chi connectivity index (χ3n) is 14.3.